The van der Waals surface area contributed by atoms with Crippen molar-refractivity contribution < 1.29 is 4.39 Å². The number of hydrogen-bond acceptors (Lipinski definition) is 2. The number of benzene rings is 1. The molecule has 0 bridgehead atoms. The van der Waals surface area contributed by atoms with Gasteiger partial charge in [0.25, 0.3) is 0 Å². The van der Waals surface area contributed by atoms with Gasteiger partial charge in [0, 0.05) is 19.8 Å². The van der Waals surface area contributed by atoms with Crippen molar-refractivity contribution in [2.75, 3.05) is 5.32 Å². The molecule has 18 heavy (non-hydrogen) atoms. The Labute approximate surface area is 105 Å². The summed E-state index contributed by atoms with van der Waals surface area (Å²) in [6, 6.07) is 8.96. The van der Waals surface area contributed by atoms with Crippen LogP contribution in [0.15, 0.2) is 30.5 Å². The molecular weight excluding hydrogens is 229 g/mol. The van der Waals surface area contributed by atoms with Crippen LogP contribution in [-0.2, 0) is 13.6 Å². The van der Waals surface area contributed by atoms with Gasteiger partial charge in [-0.2, -0.15) is 5.26 Å². The van der Waals surface area contributed by atoms with E-state index in [4.69, 9.17) is 5.26 Å². The molecule has 0 radical (unpaired) electrons. The quantitative estimate of drug-likeness (QED) is 0.900. The first-order valence-electron chi connectivity index (χ1n) is 5.65. The molecule has 0 atom stereocenters. The minimum absolute atomic E-state index is 0.258. The molecule has 0 aliphatic rings. The van der Waals surface area contributed by atoms with Gasteiger partial charge in [-0.05, 0) is 36.2 Å². The smallest absolute Gasteiger partial charge is 0.146 e. The van der Waals surface area contributed by atoms with Crippen molar-refractivity contribution in [3.05, 3.63) is 53.1 Å². The van der Waals surface area contributed by atoms with E-state index in [0.717, 1.165) is 11.1 Å². The standard InChI is InChI=1S/C14H14FN3/c1-10-3-4-14(13(15)5-10)17-8-11-6-12(7-16)18(2)9-11/h3-6,9,17H,8H2,1-2H3. The highest BCUT2D eigenvalue weighted by Gasteiger charge is 2.04. The van der Waals surface area contributed by atoms with E-state index in [1.165, 1.54) is 6.07 Å². The Morgan fingerprint density at radius 2 is 2.17 bits per heavy atom. The van der Waals surface area contributed by atoms with Gasteiger partial charge >= 0.3 is 0 Å². The third-order valence-electron chi connectivity index (χ3n) is 2.78. The van der Waals surface area contributed by atoms with Crippen LogP contribution in [0.5, 0.6) is 0 Å². The molecule has 92 valence electrons. The number of rotatable bonds is 3. The number of halogens is 1. The number of hydrogen-bond donors (Lipinski definition) is 1. The molecule has 2 aromatic rings. The number of nitrogens with zero attached hydrogens (tertiary/aromatic N) is 2. The van der Waals surface area contributed by atoms with Crippen LogP contribution in [0.1, 0.15) is 16.8 Å². The van der Waals surface area contributed by atoms with Crippen molar-refractivity contribution in [1.29, 1.82) is 5.26 Å². The average Bonchev–Trinajstić information content (AvgIpc) is 2.69. The summed E-state index contributed by atoms with van der Waals surface area (Å²) < 4.78 is 15.3. The van der Waals surface area contributed by atoms with E-state index in [0.29, 0.717) is 17.9 Å². The summed E-state index contributed by atoms with van der Waals surface area (Å²) in [6.45, 7) is 2.35. The first-order chi connectivity index (χ1) is 8.60. The van der Waals surface area contributed by atoms with Gasteiger partial charge < -0.3 is 9.88 Å². The molecule has 1 aromatic carbocycles. The zero-order valence-corrected chi connectivity index (χ0v) is 10.4. The predicted molar refractivity (Wildman–Crippen MR) is 68.6 cm³/mol. The highest BCUT2D eigenvalue weighted by atomic mass is 19.1. The fourth-order valence-electron chi connectivity index (χ4n) is 1.80. The fraction of sp³-hybridized carbons (Fsp3) is 0.214. The Balaban J connectivity index is 2.09. The number of nitriles is 1. The van der Waals surface area contributed by atoms with Gasteiger partial charge in [-0.25, -0.2) is 4.39 Å². The first kappa shape index (κ1) is 12.2. The van der Waals surface area contributed by atoms with Crippen molar-refractivity contribution >= 4 is 5.69 Å². The topological polar surface area (TPSA) is 40.8 Å². The molecule has 1 aromatic heterocycles. The Hall–Kier alpha value is -2.28. The molecule has 1 heterocycles. The molecule has 0 fully saturated rings. The van der Waals surface area contributed by atoms with Gasteiger partial charge in [0.2, 0.25) is 0 Å². The molecule has 0 saturated carbocycles. The van der Waals surface area contributed by atoms with Crippen molar-refractivity contribution in [3.63, 3.8) is 0 Å². The predicted octanol–water partition coefficient (Wildman–Crippen LogP) is 2.96. The molecule has 0 aliphatic heterocycles. The number of anilines is 1. The van der Waals surface area contributed by atoms with Gasteiger partial charge in [-0.3, -0.25) is 0 Å². The summed E-state index contributed by atoms with van der Waals surface area (Å²) in [4.78, 5) is 0. The minimum Gasteiger partial charge on any atom is -0.379 e. The van der Waals surface area contributed by atoms with Crippen molar-refractivity contribution in [3.8, 4) is 6.07 Å². The third kappa shape index (κ3) is 2.51. The van der Waals surface area contributed by atoms with E-state index < -0.39 is 0 Å². The van der Waals surface area contributed by atoms with E-state index in [1.54, 1.807) is 16.7 Å². The average molecular weight is 243 g/mol. The number of nitrogens with one attached hydrogen (secondary N) is 1. The molecule has 0 unspecified atom stereocenters. The maximum absolute atomic E-state index is 13.6. The van der Waals surface area contributed by atoms with Crippen LogP contribution in [0.25, 0.3) is 0 Å². The van der Waals surface area contributed by atoms with Crippen molar-refractivity contribution in [2.45, 2.75) is 13.5 Å². The normalized spacial score (nSPS) is 10.1. The molecule has 1 N–H and O–H groups in total. The Bertz CT molecular complexity index is 608. The SMILES string of the molecule is Cc1ccc(NCc2cc(C#N)n(C)c2)c(F)c1. The molecule has 0 aliphatic carbocycles. The van der Waals surface area contributed by atoms with Gasteiger partial charge in [0.1, 0.15) is 17.6 Å². The summed E-state index contributed by atoms with van der Waals surface area (Å²) in [5.74, 6) is -0.258. The lowest BCUT2D eigenvalue weighted by atomic mass is 10.2. The van der Waals surface area contributed by atoms with Crippen LogP contribution in [-0.4, -0.2) is 4.57 Å². The van der Waals surface area contributed by atoms with Crippen molar-refractivity contribution in [1.82, 2.24) is 4.57 Å². The Kier molecular flexibility index (Phi) is 3.33. The highest BCUT2D eigenvalue weighted by molar-refractivity contribution is 5.46. The van der Waals surface area contributed by atoms with E-state index in [9.17, 15) is 4.39 Å². The third-order valence-corrected chi connectivity index (χ3v) is 2.78. The largest absolute Gasteiger partial charge is 0.379 e. The van der Waals surface area contributed by atoms with E-state index in [1.807, 2.05) is 26.2 Å². The molecular formula is C14H14FN3. The zero-order chi connectivity index (χ0) is 13.1. The Morgan fingerprint density at radius 1 is 1.39 bits per heavy atom. The second-order valence-electron chi connectivity index (χ2n) is 4.29. The number of aryl methyl sites for hydroxylation is 2. The Morgan fingerprint density at radius 3 is 2.78 bits per heavy atom. The van der Waals surface area contributed by atoms with Gasteiger partial charge in [0.05, 0.1) is 5.69 Å². The maximum atomic E-state index is 13.6. The summed E-state index contributed by atoms with van der Waals surface area (Å²) in [5, 5.41) is 11.9. The highest BCUT2D eigenvalue weighted by Crippen LogP contribution is 2.16. The molecule has 0 spiro atoms. The van der Waals surface area contributed by atoms with Crippen LogP contribution in [0.3, 0.4) is 0 Å². The van der Waals surface area contributed by atoms with E-state index in [-0.39, 0.29) is 5.82 Å². The van der Waals surface area contributed by atoms with Gasteiger partial charge in [-0.1, -0.05) is 6.07 Å². The summed E-state index contributed by atoms with van der Waals surface area (Å²) in [6.07, 6.45) is 1.86. The van der Waals surface area contributed by atoms with Crippen LogP contribution in [0, 0.1) is 24.1 Å². The lowest BCUT2D eigenvalue weighted by Gasteiger charge is -2.06. The second-order valence-corrected chi connectivity index (χ2v) is 4.29. The van der Waals surface area contributed by atoms with Crippen LogP contribution < -0.4 is 5.32 Å². The van der Waals surface area contributed by atoms with Crippen LogP contribution in [0.2, 0.25) is 0 Å². The fourth-order valence-corrected chi connectivity index (χ4v) is 1.80. The summed E-state index contributed by atoms with van der Waals surface area (Å²) in [5.41, 5.74) is 2.91. The van der Waals surface area contributed by atoms with Crippen LogP contribution in [0.4, 0.5) is 10.1 Å². The molecule has 4 heteroatoms. The lowest BCUT2D eigenvalue weighted by Crippen LogP contribution is -2.00. The monoisotopic (exact) mass is 243 g/mol. The minimum atomic E-state index is -0.258. The molecule has 0 saturated heterocycles. The first-order valence-corrected chi connectivity index (χ1v) is 5.65. The maximum Gasteiger partial charge on any atom is 0.146 e. The van der Waals surface area contributed by atoms with Gasteiger partial charge in [0.15, 0.2) is 0 Å². The van der Waals surface area contributed by atoms with E-state index >= 15 is 0 Å². The molecule has 3 nitrogen and oxygen atoms in total. The summed E-state index contributed by atoms with van der Waals surface area (Å²) in [7, 11) is 1.81. The summed E-state index contributed by atoms with van der Waals surface area (Å²) >= 11 is 0. The zero-order valence-electron chi connectivity index (χ0n) is 10.4. The van der Waals surface area contributed by atoms with Crippen LogP contribution >= 0.6 is 0 Å². The number of aromatic nitrogens is 1. The second kappa shape index (κ2) is 4.92. The molecule has 0 amide bonds. The molecule has 2 rings (SSSR count). The van der Waals surface area contributed by atoms with Gasteiger partial charge in [-0.15, -0.1) is 0 Å². The lowest BCUT2D eigenvalue weighted by molar-refractivity contribution is 0.629. The van der Waals surface area contributed by atoms with Crippen molar-refractivity contribution in [2.24, 2.45) is 7.05 Å². The van der Waals surface area contributed by atoms with E-state index in [2.05, 4.69) is 11.4 Å².